The van der Waals surface area contributed by atoms with Gasteiger partial charge in [-0.15, -0.1) is 0 Å². The van der Waals surface area contributed by atoms with Gasteiger partial charge in [0.1, 0.15) is 0 Å². The quantitative estimate of drug-likeness (QED) is 0.542. The Morgan fingerprint density at radius 3 is 2.33 bits per heavy atom. The lowest BCUT2D eigenvalue weighted by Gasteiger charge is -2.13. The summed E-state index contributed by atoms with van der Waals surface area (Å²) in [5, 5.41) is 11.7. The number of para-hydroxylation sites is 1. The van der Waals surface area contributed by atoms with Gasteiger partial charge in [-0.1, -0.05) is 30.3 Å². The van der Waals surface area contributed by atoms with Crippen molar-refractivity contribution in [3.8, 4) is 16.9 Å². The minimum Gasteiger partial charge on any atom is -0.396 e. The van der Waals surface area contributed by atoms with Crippen LogP contribution < -0.4 is 5.32 Å². The van der Waals surface area contributed by atoms with Crippen molar-refractivity contribution in [1.29, 1.82) is 0 Å². The van der Waals surface area contributed by atoms with Crippen LogP contribution in [0.2, 0.25) is 0 Å². The summed E-state index contributed by atoms with van der Waals surface area (Å²) in [5.41, 5.74) is 4.55. The smallest absolute Gasteiger partial charge is 0.224 e. The van der Waals surface area contributed by atoms with Gasteiger partial charge in [0.25, 0.3) is 0 Å². The van der Waals surface area contributed by atoms with Crippen LogP contribution in [0.4, 0.5) is 0 Å². The summed E-state index contributed by atoms with van der Waals surface area (Å²) in [7, 11) is -3.27. The highest BCUT2D eigenvalue weighted by atomic mass is 32.2. The summed E-state index contributed by atoms with van der Waals surface area (Å²) >= 11 is 0. The Hall–Kier alpha value is -2.90. The molecule has 0 spiro atoms. The summed E-state index contributed by atoms with van der Waals surface area (Å²) in [4.78, 5) is 12.6. The topological polar surface area (TPSA) is 88.4 Å². The zero-order chi connectivity index (χ0) is 21.7. The van der Waals surface area contributed by atoms with Gasteiger partial charge in [0.2, 0.25) is 5.91 Å². The van der Waals surface area contributed by atoms with E-state index >= 15 is 0 Å². The number of benzene rings is 2. The molecule has 7 heteroatoms. The highest BCUT2D eigenvalue weighted by molar-refractivity contribution is 7.90. The van der Waals surface area contributed by atoms with E-state index in [9.17, 15) is 13.2 Å². The van der Waals surface area contributed by atoms with Crippen LogP contribution in [0.1, 0.15) is 17.7 Å². The van der Waals surface area contributed by atoms with E-state index in [2.05, 4.69) is 9.88 Å². The fourth-order valence-corrected chi connectivity index (χ4v) is 4.01. The number of carbonyl (C=O) groups excluding carboxylic acids is 1. The molecule has 0 saturated heterocycles. The van der Waals surface area contributed by atoms with Crippen LogP contribution in [-0.2, 0) is 21.1 Å². The van der Waals surface area contributed by atoms with Gasteiger partial charge in [-0.3, -0.25) is 4.79 Å². The number of sulfone groups is 1. The Kier molecular flexibility index (Phi) is 6.74. The first kappa shape index (κ1) is 21.8. The van der Waals surface area contributed by atoms with Crippen LogP contribution in [0, 0.1) is 6.92 Å². The normalized spacial score (nSPS) is 11.4. The van der Waals surface area contributed by atoms with Crippen molar-refractivity contribution in [1.82, 2.24) is 9.88 Å². The predicted octanol–water partition coefficient (Wildman–Crippen LogP) is 2.90. The maximum atomic E-state index is 12.3. The summed E-state index contributed by atoms with van der Waals surface area (Å²) in [5.74, 6) is -0.101. The van der Waals surface area contributed by atoms with Crippen LogP contribution in [-0.4, -0.2) is 43.4 Å². The summed E-state index contributed by atoms with van der Waals surface area (Å²) in [6.07, 6.45) is 1.94. The number of nitrogens with zero attached hydrogens (tertiary/aromatic N) is 1. The Morgan fingerprint density at radius 1 is 1.07 bits per heavy atom. The third-order valence-electron chi connectivity index (χ3n) is 4.95. The lowest BCUT2D eigenvalue weighted by atomic mass is 10.1. The maximum Gasteiger partial charge on any atom is 0.224 e. The second-order valence-corrected chi connectivity index (χ2v) is 9.23. The van der Waals surface area contributed by atoms with E-state index in [-0.39, 0.29) is 23.8 Å². The van der Waals surface area contributed by atoms with Gasteiger partial charge in [0.05, 0.1) is 17.0 Å². The molecule has 30 heavy (non-hydrogen) atoms. The van der Waals surface area contributed by atoms with E-state index in [0.717, 1.165) is 28.2 Å². The molecule has 0 bridgehead atoms. The van der Waals surface area contributed by atoms with E-state index in [4.69, 9.17) is 5.11 Å². The molecule has 1 heterocycles. The van der Waals surface area contributed by atoms with Crippen LogP contribution in [0.5, 0.6) is 0 Å². The first-order valence-corrected chi connectivity index (χ1v) is 11.6. The fraction of sp³-hybridized carbons (Fsp3) is 0.261. The average molecular weight is 427 g/mol. The van der Waals surface area contributed by atoms with Crippen molar-refractivity contribution in [3.05, 3.63) is 71.9 Å². The van der Waals surface area contributed by atoms with Gasteiger partial charge < -0.3 is 15.0 Å². The number of aromatic nitrogens is 1. The molecule has 0 aliphatic carbocycles. The Labute approximate surface area is 177 Å². The molecule has 0 atom stereocenters. The molecule has 3 rings (SSSR count). The molecule has 0 saturated carbocycles. The zero-order valence-corrected chi connectivity index (χ0v) is 17.9. The van der Waals surface area contributed by atoms with Crippen LogP contribution in [0.25, 0.3) is 16.9 Å². The number of rotatable bonds is 8. The SMILES string of the molecule is Cc1c(CC(=O)NCCCO)cc(-c2ccc(S(C)(=O)=O)cc2)n1-c1ccccc1. The number of carbonyl (C=O) groups is 1. The van der Waals surface area contributed by atoms with Crippen LogP contribution in [0.3, 0.4) is 0 Å². The largest absolute Gasteiger partial charge is 0.396 e. The van der Waals surface area contributed by atoms with Crippen molar-refractivity contribution in [2.24, 2.45) is 0 Å². The zero-order valence-electron chi connectivity index (χ0n) is 17.1. The highest BCUT2D eigenvalue weighted by Gasteiger charge is 2.17. The molecule has 158 valence electrons. The first-order chi connectivity index (χ1) is 14.3. The highest BCUT2D eigenvalue weighted by Crippen LogP contribution is 2.30. The molecule has 2 N–H and O–H groups in total. The molecular weight excluding hydrogens is 400 g/mol. The third kappa shape index (κ3) is 4.98. The second-order valence-electron chi connectivity index (χ2n) is 7.21. The molecular formula is C23H26N2O4S. The lowest BCUT2D eigenvalue weighted by molar-refractivity contribution is -0.120. The molecule has 0 unspecified atom stereocenters. The number of amides is 1. The van der Waals surface area contributed by atoms with Gasteiger partial charge in [0.15, 0.2) is 9.84 Å². The number of aliphatic hydroxyl groups is 1. The number of aliphatic hydroxyl groups excluding tert-OH is 1. The fourth-order valence-electron chi connectivity index (χ4n) is 3.37. The predicted molar refractivity (Wildman–Crippen MR) is 117 cm³/mol. The molecule has 1 aromatic heterocycles. The Bertz CT molecular complexity index is 1120. The van der Waals surface area contributed by atoms with Crippen molar-refractivity contribution in [2.75, 3.05) is 19.4 Å². The van der Waals surface area contributed by atoms with E-state index in [1.807, 2.05) is 43.3 Å². The average Bonchev–Trinajstić information content (AvgIpc) is 3.04. The first-order valence-electron chi connectivity index (χ1n) is 9.76. The molecule has 2 aromatic carbocycles. The lowest BCUT2D eigenvalue weighted by Crippen LogP contribution is -2.26. The van der Waals surface area contributed by atoms with Crippen molar-refractivity contribution >= 4 is 15.7 Å². The Morgan fingerprint density at radius 2 is 1.73 bits per heavy atom. The Balaban J connectivity index is 2.02. The third-order valence-corrected chi connectivity index (χ3v) is 6.08. The summed E-state index contributed by atoms with van der Waals surface area (Å²) < 4.78 is 25.7. The van der Waals surface area contributed by atoms with Crippen molar-refractivity contribution in [2.45, 2.75) is 24.7 Å². The number of hydrogen-bond acceptors (Lipinski definition) is 4. The van der Waals surface area contributed by atoms with E-state index < -0.39 is 9.84 Å². The van der Waals surface area contributed by atoms with Crippen LogP contribution in [0.15, 0.2) is 65.6 Å². The van der Waals surface area contributed by atoms with Crippen molar-refractivity contribution in [3.63, 3.8) is 0 Å². The number of nitrogens with one attached hydrogen (secondary N) is 1. The number of hydrogen-bond donors (Lipinski definition) is 2. The molecule has 0 radical (unpaired) electrons. The monoisotopic (exact) mass is 426 g/mol. The van der Waals surface area contributed by atoms with Gasteiger partial charge in [0, 0.05) is 30.8 Å². The van der Waals surface area contributed by atoms with Crippen LogP contribution >= 0.6 is 0 Å². The van der Waals surface area contributed by atoms with E-state index in [1.54, 1.807) is 24.3 Å². The molecule has 0 aliphatic heterocycles. The molecule has 6 nitrogen and oxygen atoms in total. The molecule has 0 aliphatic rings. The van der Waals surface area contributed by atoms with Gasteiger partial charge in [-0.25, -0.2) is 8.42 Å². The standard InChI is InChI=1S/C23H26N2O4S/c1-17-19(16-23(27)24-13-6-14-26)15-22(25(17)20-7-4-3-5-8-20)18-9-11-21(12-10-18)30(2,28)29/h3-5,7-12,15,26H,6,13-14,16H2,1-2H3,(H,24,27). The van der Waals surface area contributed by atoms with Gasteiger partial charge >= 0.3 is 0 Å². The van der Waals surface area contributed by atoms with E-state index in [1.165, 1.54) is 6.26 Å². The minimum absolute atomic E-state index is 0.0390. The molecule has 3 aromatic rings. The van der Waals surface area contributed by atoms with E-state index in [0.29, 0.717) is 13.0 Å². The molecule has 1 amide bonds. The van der Waals surface area contributed by atoms with Crippen molar-refractivity contribution < 1.29 is 18.3 Å². The minimum atomic E-state index is -3.27. The summed E-state index contributed by atoms with van der Waals surface area (Å²) in [6, 6.07) is 18.6. The summed E-state index contributed by atoms with van der Waals surface area (Å²) in [6.45, 7) is 2.45. The molecule has 0 fully saturated rings. The second kappa shape index (κ2) is 9.28. The van der Waals surface area contributed by atoms with Gasteiger partial charge in [-0.05, 0) is 54.8 Å². The maximum absolute atomic E-state index is 12.3. The van der Waals surface area contributed by atoms with Gasteiger partial charge in [-0.2, -0.15) is 0 Å².